The number of hydrogen-bond acceptors (Lipinski definition) is 7. The predicted molar refractivity (Wildman–Crippen MR) is 261 cm³/mol. The van der Waals surface area contributed by atoms with E-state index in [1.807, 2.05) is 110 Å². The zero-order valence-corrected chi connectivity index (χ0v) is 37.0. The Morgan fingerprint density at radius 2 is 0.939 bits per heavy atom. The molecule has 0 atom stereocenters. The molecular formula is C47H38Cl3N13O3. The summed E-state index contributed by atoms with van der Waals surface area (Å²) >= 11 is 19.5. The van der Waals surface area contributed by atoms with Gasteiger partial charge in [0.15, 0.2) is 17.5 Å². The van der Waals surface area contributed by atoms with Crippen LogP contribution in [0.25, 0.3) is 66.1 Å². The summed E-state index contributed by atoms with van der Waals surface area (Å²) in [5.41, 5.74) is 25.3. The zero-order valence-electron chi connectivity index (χ0n) is 34.8. The number of aryl methyl sites for hydroxylation is 1. The van der Waals surface area contributed by atoms with Crippen molar-refractivity contribution in [1.82, 2.24) is 30.6 Å². The molecule has 16 nitrogen and oxygen atoms in total. The number of nitrogens with two attached hydrogens (primary N) is 3. The lowest BCUT2D eigenvalue weighted by molar-refractivity contribution is 0.258. The van der Waals surface area contributed by atoms with Crippen LogP contribution < -0.4 is 33.2 Å². The first-order valence-electron chi connectivity index (χ1n) is 20.2. The average Bonchev–Trinajstić information content (AvgIpc) is 3.79. The molecule has 0 aliphatic heterocycles. The van der Waals surface area contributed by atoms with Crippen molar-refractivity contribution < 1.29 is 14.4 Å². The van der Waals surface area contributed by atoms with Crippen molar-refractivity contribution >= 4 is 103 Å². The maximum Gasteiger partial charge on any atom is 0.317 e. The van der Waals surface area contributed by atoms with Crippen LogP contribution in [0.2, 0.25) is 15.1 Å². The Hall–Kier alpha value is -8.10. The molecule has 0 saturated heterocycles. The molecule has 330 valence electrons. The van der Waals surface area contributed by atoms with E-state index in [0.717, 1.165) is 78.6 Å². The summed E-state index contributed by atoms with van der Waals surface area (Å²) in [5, 5.41) is 41.6. The highest BCUT2D eigenvalue weighted by Crippen LogP contribution is 2.50. The van der Waals surface area contributed by atoms with Crippen molar-refractivity contribution in [1.29, 1.82) is 5.26 Å². The van der Waals surface area contributed by atoms with Gasteiger partial charge in [-0.25, -0.2) is 14.4 Å². The van der Waals surface area contributed by atoms with Crippen molar-refractivity contribution in [3.8, 4) is 39.4 Å². The lowest BCUT2D eigenvalue weighted by Gasteiger charge is -2.11. The van der Waals surface area contributed by atoms with Crippen LogP contribution in [0.15, 0.2) is 109 Å². The first-order valence-corrected chi connectivity index (χ1v) is 21.3. The lowest BCUT2D eigenvalue weighted by atomic mass is 9.97. The van der Waals surface area contributed by atoms with Gasteiger partial charge in [0.25, 0.3) is 0 Å². The van der Waals surface area contributed by atoms with Gasteiger partial charge in [0.2, 0.25) is 0 Å². The van der Waals surface area contributed by atoms with Gasteiger partial charge in [-0.05, 0) is 66.1 Å². The number of amides is 6. The highest BCUT2D eigenvalue weighted by atomic mass is 35.5. The van der Waals surface area contributed by atoms with Gasteiger partial charge in [-0.3, -0.25) is 31.2 Å². The molecule has 1 aliphatic carbocycles. The van der Waals surface area contributed by atoms with Crippen LogP contribution in [0.3, 0.4) is 0 Å². The van der Waals surface area contributed by atoms with E-state index < -0.39 is 18.1 Å². The van der Waals surface area contributed by atoms with E-state index in [1.165, 1.54) is 0 Å². The molecule has 6 amide bonds. The summed E-state index contributed by atoms with van der Waals surface area (Å²) < 4.78 is 0. The van der Waals surface area contributed by atoms with Gasteiger partial charge in [-0.15, -0.1) is 0 Å². The van der Waals surface area contributed by atoms with Crippen LogP contribution in [0.1, 0.15) is 35.4 Å². The Balaban J connectivity index is 0.000000135. The van der Waals surface area contributed by atoms with Crippen LogP contribution in [0, 0.1) is 18.3 Å². The van der Waals surface area contributed by atoms with Gasteiger partial charge < -0.3 is 17.2 Å². The fourth-order valence-corrected chi connectivity index (χ4v) is 8.54. The molecule has 0 spiro atoms. The van der Waals surface area contributed by atoms with E-state index in [4.69, 9.17) is 52.0 Å². The fraction of sp³-hybridized carbons (Fsp3) is 0.0851. The minimum Gasteiger partial charge on any atom is -0.351 e. The van der Waals surface area contributed by atoms with Crippen molar-refractivity contribution in [3.63, 3.8) is 0 Å². The third-order valence-electron chi connectivity index (χ3n) is 10.7. The normalized spacial score (nSPS) is 11.8. The molecule has 3 heterocycles. The number of hydrogen-bond donors (Lipinski definition) is 9. The molecule has 1 fully saturated rings. The van der Waals surface area contributed by atoms with Crippen LogP contribution in [-0.2, 0) is 0 Å². The quantitative estimate of drug-likeness (QED) is 0.0744. The molecular weight excluding hydrogens is 901 g/mol. The van der Waals surface area contributed by atoms with Gasteiger partial charge in [-0.2, -0.15) is 20.6 Å². The molecule has 3 aromatic heterocycles. The topological polar surface area (TPSA) is 275 Å². The molecule has 19 heteroatoms. The smallest absolute Gasteiger partial charge is 0.317 e. The number of urea groups is 3. The third-order valence-corrected chi connectivity index (χ3v) is 12.0. The van der Waals surface area contributed by atoms with Gasteiger partial charge in [0.1, 0.15) is 6.07 Å². The largest absolute Gasteiger partial charge is 0.351 e. The monoisotopic (exact) mass is 937 g/mol. The minimum absolute atomic E-state index is 0.257. The Kier molecular flexibility index (Phi) is 12.8. The number of benzene rings is 6. The summed E-state index contributed by atoms with van der Waals surface area (Å²) in [5.74, 6) is 1.53. The summed E-state index contributed by atoms with van der Waals surface area (Å²) in [4.78, 5) is 33.3. The number of H-pyrrole nitrogens is 3. The maximum atomic E-state index is 11.2. The zero-order chi connectivity index (χ0) is 46.6. The Bertz CT molecular complexity index is 3340. The molecule has 0 radical (unpaired) electrons. The fourth-order valence-electron chi connectivity index (χ4n) is 7.57. The van der Waals surface area contributed by atoms with E-state index in [2.05, 4.69) is 52.6 Å². The van der Waals surface area contributed by atoms with Crippen LogP contribution >= 0.6 is 34.8 Å². The van der Waals surface area contributed by atoms with E-state index in [0.29, 0.717) is 44.1 Å². The lowest BCUT2D eigenvalue weighted by Crippen LogP contribution is -2.19. The molecule has 9 aromatic rings. The second-order valence-electron chi connectivity index (χ2n) is 15.1. The molecule has 6 aromatic carbocycles. The second kappa shape index (κ2) is 18.9. The van der Waals surface area contributed by atoms with Gasteiger partial charge in [-0.1, -0.05) is 126 Å². The molecule has 0 bridgehead atoms. The second-order valence-corrected chi connectivity index (χ2v) is 16.2. The number of aromatic nitrogens is 6. The summed E-state index contributed by atoms with van der Waals surface area (Å²) in [6.07, 6.45) is 2.23. The number of primary amides is 3. The number of halogens is 3. The van der Waals surface area contributed by atoms with Crippen LogP contribution in [0.4, 0.5) is 31.8 Å². The molecule has 0 unspecified atom stereocenters. The molecule has 12 N–H and O–H groups in total. The Morgan fingerprint density at radius 3 is 1.35 bits per heavy atom. The van der Waals surface area contributed by atoms with Crippen molar-refractivity contribution in [2.24, 2.45) is 17.2 Å². The van der Waals surface area contributed by atoms with E-state index in [1.54, 1.807) is 6.07 Å². The van der Waals surface area contributed by atoms with Gasteiger partial charge in [0, 0.05) is 38.4 Å². The van der Waals surface area contributed by atoms with Gasteiger partial charge in [0.05, 0.1) is 37.2 Å². The average molecular weight is 939 g/mol. The summed E-state index contributed by atoms with van der Waals surface area (Å²) in [6.45, 7) is 1.91. The first kappa shape index (κ1) is 44.5. The maximum absolute atomic E-state index is 11.2. The Labute approximate surface area is 390 Å². The third kappa shape index (κ3) is 9.12. The first-order chi connectivity index (χ1) is 31.8. The summed E-state index contributed by atoms with van der Waals surface area (Å²) in [7, 11) is 0. The number of nitrogens with one attached hydrogen (secondary N) is 6. The number of nitriles is 1. The van der Waals surface area contributed by atoms with Crippen LogP contribution in [-0.4, -0.2) is 48.7 Å². The Morgan fingerprint density at radius 1 is 0.576 bits per heavy atom. The molecule has 1 saturated carbocycles. The molecule has 10 rings (SSSR count). The molecule has 1 aliphatic rings. The number of carbonyl (C=O) groups is 3. The standard InChI is InChI=1S/C17H15ClN4O.C15H10ClN5O.C15H13ClN4O/c18-14-11(9-4-2-1-3-5-9)8-12-15(13(14)10-6-7-10)21-22-16(12)20-17(19)23;16-12-9(8-4-2-1-3-5-8)6-10-13(11(12)7-17)20-21-14(10)19-15(18)22;1-8-12(16)10(9-5-3-2-4-6-9)7-11-13(8)19-20-14(11)18-15(17)21/h1-5,8,10H,6-7H2,(H4,19,20,21,22,23);1-6H,(H4,18,19,20,21,22);2-7H,1H3,(H4,17,18,19,20,21). The number of nitrogens with zero attached hydrogens (tertiary/aromatic N) is 4. The number of aromatic amines is 3. The highest BCUT2D eigenvalue weighted by Gasteiger charge is 2.31. The van der Waals surface area contributed by atoms with E-state index in [-0.39, 0.29) is 11.4 Å². The number of carbonyl (C=O) groups excluding carboxylic acids is 3. The number of rotatable bonds is 7. The number of anilines is 3. The number of fused-ring (bicyclic) bond motifs is 3. The van der Waals surface area contributed by atoms with Crippen LogP contribution in [0.5, 0.6) is 0 Å². The van der Waals surface area contributed by atoms with E-state index >= 15 is 0 Å². The van der Waals surface area contributed by atoms with Crippen molar-refractivity contribution in [3.05, 3.63) is 141 Å². The van der Waals surface area contributed by atoms with Crippen molar-refractivity contribution in [2.75, 3.05) is 16.0 Å². The predicted octanol–water partition coefficient (Wildman–Crippen LogP) is 11.2. The summed E-state index contributed by atoms with van der Waals surface area (Å²) in [6, 6.07) is 34.8. The van der Waals surface area contributed by atoms with E-state index in [9.17, 15) is 19.6 Å². The van der Waals surface area contributed by atoms with Gasteiger partial charge >= 0.3 is 18.1 Å². The van der Waals surface area contributed by atoms with Crippen molar-refractivity contribution in [2.45, 2.75) is 25.7 Å². The highest BCUT2D eigenvalue weighted by molar-refractivity contribution is 6.37. The minimum atomic E-state index is -0.733. The molecule has 66 heavy (non-hydrogen) atoms. The SMILES string of the molecule is Cc1c(Cl)c(-c2ccccc2)cc2c(NC(N)=O)n[nH]c12.N#Cc1c(Cl)c(-c2ccccc2)cc2c(NC(N)=O)n[nH]c12.NC(=O)Nc1n[nH]c2c(C3CC3)c(Cl)c(-c3ccccc3)cc12.